The van der Waals surface area contributed by atoms with Crippen LogP contribution in [0, 0.1) is 0 Å². The van der Waals surface area contributed by atoms with Gasteiger partial charge in [0.15, 0.2) is 0 Å². The Labute approximate surface area is 711 Å². The first-order valence-electron chi connectivity index (χ1n) is 39.8. The molecule has 3 fully saturated rings. The van der Waals surface area contributed by atoms with Crippen LogP contribution in [-0.4, -0.2) is 385 Å². The van der Waals surface area contributed by atoms with Gasteiger partial charge in [0.25, 0.3) is 0 Å². The Bertz CT molecular complexity index is 2850. The summed E-state index contributed by atoms with van der Waals surface area (Å²) in [5.74, 6) is -3.30. The maximum Gasteiger partial charge on any atom is 0.325 e. The zero-order chi connectivity index (χ0) is 82.2. The predicted molar refractivity (Wildman–Crippen MR) is 467 cm³/mol. The van der Waals surface area contributed by atoms with Crippen molar-refractivity contribution >= 4 is 106 Å². The number of ether oxygens (including phenoxy) is 3. The molecule has 0 radical (unpaired) electrons. The van der Waals surface area contributed by atoms with E-state index in [0.29, 0.717) is 13.2 Å². The average molecular weight is 1710 g/mol. The van der Waals surface area contributed by atoms with E-state index in [2.05, 4.69) is 144 Å². The quantitative estimate of drug-likeness (QED) is 0.0251. The van der Waals surface area contributed by atoms with E-state index in [1.807, 2.05) is 91.0 Å². The molecule has 3 aliphatic heterocycles. The number of nitrogens with one attached hydrogen (secondary N) is 3. The number of rotatable bonds is 28. The van der Waals surface area contributed by atoms with Gasteiger partial charge in [0.2, 0.25) is 23.0 Å². The van der Waals surface area contributed by atoms with Gasteiger partial charge in [0.05, 0.1) is 25.5 Å². The predicted octanol–water partition coefficient (Wildman–Crippen LogP) is 5.74. The second-order valence-electron chi connectivity index (χ2n) is 26.8. The Kier molecular flexibility index (Phi) is 73.0. The molecule has 0 aliphatic carbocycles. The van der Waals surface area contributed by atoms with Crippen LogP contribution in [0.4, 0.5) is 0 Å². The minimum atomic E-state index is -1.01. The van der Waals surface area contributed by atoms with Crippen molar-refractivity contribution < 1.29 is 57.7 Å². The lowest BCUT2D eigenvalue weighted by Gasteiger charge is -2.33. The molecule has 3 aliphatic rings. The number of benzene rings is 3. The summed E-state index contributed by atoms with van der Waals surface area (Å²) in [6.07, 6.45) is 0. The number of nitrogens with zero attached hydrogens (tertiary/aromatic N) is 12. The van der Waals surface area contributed by atoms with Crippen LogP contribution in [0.1, 0.15) is 86.4 Å². The lowest BCUT2D eigenvalue weighted by atomic mass is 10.2. The third-order valence-electron chi connectivity index (χ3n) is 19.1. The van der Waals surface area contributed by atoms with E-state index in [1.165, 1.54) is 72.0 Å². The van der Waals surface area contributed by atoms with Crippen molar-refractivity contribution in [1.82, 2.24) is 74.7 Å². The minimum absolute atomic E-state index is 0. The number of carbonyl (C=O) groups excluding carboxylic acids is 7. The molecule has 0 spiro atoms. The van der Waals surface area contributed by atoms with Crippen LogP contribution in [0.2, 0.25) is 0 Å². The Hall–Kier alpha value is -5.45. The van der Waals surface area contributed by atoms with Crippen molar-refractivity contribution in [2.24, 2.45) is 5.73 Å². The molecule has 3 heterocycles. The summed E-state index contributed by atoms with van der Waals surface area (Å²) in [4.78, 5) is 119. The number of halogens is 5. The first-order chi connectivity index (χ1) is 53.5. The molecule has 28 nitrogen and oxygen atoms in total. The van der Waals surface area contributed by atoms with Crippen LogP contribution in [0.3, 0.4) is 0 Å². The minimum Gasteiger partial charge on any atom is -0.480 e. The average Bonchev–Trinajstić information content (AvgIpc) is 0.903. The molecule has 114 heavy (non-hydrogen) atoms. The highest BCUT2D eigenvalue weighted by Gasteiger charge is 2.21. The first-order valence-corrected chi connectivity index (χ1v) is 41.2. The number of carbonyl (C=O) groups is 8. The van der Waals surface area contributed by atoms with Gasteiger partial charge in [-0.15, -0.1) is 48.0 Å². The smallest absolute Gasteiger partial charge is 0.325 e. The molecule has 656 valence electrons. The molecule has 0 atom stereocenters. The van der Waals surface area contributed by atoms with Gasteiger partial charge >= 0.3 is 23.9 Å². The Morgan fingerprint density at radius 2 is 0.561 bits per heavy atom. The van der Waals surface area contributed by atoms with Crippen LogP contribution < -0.4 is 21.7 Å². The second-order valence-corrected chi connectivity index (χ2v) is 27.7. The molecular weight excluding hydrogens is 1570 g/mol. The number of nitrogens with two attached hydrogens (primary N) is 1. The molecule has 3 aromatic rings. The number of carboxylic acids is 1. The van der Waals surface area contributed by atoms with E-state index in [0.717, 1.165) is 161 Å². The van der Waals surface area contributed by atoms with Crippen LogP contribution in [0.15, 0.2) is 91.0 Å². The fraction of sp³-hybridized carbons (Fsp3) is 0.679. The molecule has 0 unspecified atom stereocenters. The molecule has 6 N–H and O–H groups in total. The summed E-state index contributed by atoms with van der Waals surface area (Å²) < 4.78 is 15.0. The SMILES string of the molecule is C.CCN1CCN(C)CCN(CC)CCN(CC)CC1.CCN1CCN(CC)CCN(CC(=O)NCC(=O)O)CCN(CC)CC1.CCN1CCN(CC)CCN(CC(=O)NCC(=O)OCc2ccccc2)CCN(CC)CC1.Cl.Cl.NCC(=O)OCc1ccccc1.O=C(CCl)NCC(=O)OCc1ccccc1.O=C(Cl)CCl. The van der Waals surface area contributed by atoms with Crippen LogP contribution >= 0.6 is 59.6 Å². The maximum atomic E-state index is 12.6. The van der Waals surface area contributed by atoms with Gasteiger partial charge in [-0.05, 0) is 94.2 Å². The Morgan fingerprint density at radius 1 is 0.351 bits per heavy atom. The number of alkyl halides is 2. The first kappa shape index (κ1) is 113. The maximum absolute atomic E-state index is 12.6. The molecular formula is C81H145Cl5N16O12. The number of likely N-dealkylation sites (N-methyl/N-ethyl adjacent to an activating group) is 10. The van der Waals surface area contributed by atoms with E-state index >= 15 is 0 Å². The van der Waals surface area contributed by atoms with Gasteiger partial charge in [-0.2, -0.15) is 0 Å². The summed E-state index contributed by atoms with van der Waals surface area (Å²) in [6, 6.07) is 28.3. The lowest BCUT2D eigenvalue weighted by Crippen LogP contribution is -2.48. The number of hydrogen-bond donors (Lipinski definition) is 5. The fourth-order valence-corrected chi connectivity index (χ4v) is 11.5. The van der Waals surface area contributed by atoms with Crippen molar-refractivity contribution in [1.29, 1.82) is 0 Å². The largest absolute Gasteiger partial charge is 0.480 e. The van der Waals surface area contributed by atoms with Crippen molar-refractivity contribution in [2.75, 3.05) is 274 Å². The highest BCUT2D eigenvalue weighted by Crippen LogP contribution is 2.07. The highest BCUT2D eigenvalue weighted by atomic mass is 35.5. The fourth-order valence-electron chi connectivity index (χ4n) is 11.4. The van der Waals surface area contributed by atoms with Crippen molar-refractivity contribution in [3.63, 3.8) is 0 Å². The summed E-state index contributed by atoms with van der Waals surface area (Å²) >= 11 is 14.8. The molecule has 0 aromatic heterocycles. The Balaban J connectivity index is -0.00000137. The summed E-state index contributed by atoms with van der Waals surface area (Å²) in [5.41, 5.74) is 7.87. The molecule has 0 saturated carbocycles. The zero-order valence-corrected chi connectivity index (χ0v) is 73.5. The summed E-state index contributed by atoms with van der Waals surface area (Å²) in [6.45, 7) is 55.5. The van der Waals surface area contributed by atoms with E-state index in [1.54, 1.807) is 0 Å². The van der Waals surface area contributed by atoms with Crippen LogP contribution in [0.25, 0.3) is 0 Å². The monoisotopic (exact) mass is 1710 g/mol. The zero-order valence-electron chi connectivity index (χ0n) is 69.6. The second kappa shape index (κ2) is 73.9. The number of aliphatic carboxylic acids is 1. The normalized spacial score (nSPS) is 16.6. The topological polar surface area (TPSA) is 285 Å². The standard InChI is InChI=1S/C25H43N5O3.C18H37N5O3.C15H34N4.C11H12ClNO3.C9H11NO2.C2H2Cl2O.CH4.2ClH/c1-4-27-12-14-28(5-2)16-18-30(19-17-29(6-3)15-13-27)21-24(31)26-20-25(32)33-22-23-10-8-7-9-11-23;1-4-20-7-9-21(5-2)11-13-23(14-12-22(6-3)10-8-20)16-17(24)19-15-18(25)26;1-5-17-10-8-16(4)9-11-18(6-2)13-15-19(7-3)14-12-17;12-6-10(14)13-7-11(15)16-8-9-4-2-1-3-5-9;10-6-9(11)12-7-8-4-2-1-3-5-8;3-1-2(4)5;;;/h7-11H,4-6,12-22H2,1-3H3,(H,26,31);4-16H2,1-3H3,(H,19,24)(H,25,26);5-15H2,1-4H3;1-5H,6-8H2,(H,13,14);1-5H,6-7,10H2;1H2;1H4;2*1H. The Morgan fingerprint density at radius 3 is 0.772 bits per heavy atom. The number of carboxylic acid groups (broad SMARTS) is 1. The van der Waals surface area contributed by atoms with Crippen molar-refractivity contribution in [3.05, 3.63) is 108 Å². The highest BCUT2D eigenvalue weighted by molar-refractivity contribution is 6.67. The summed E-state index contributed by atoms with van der Waals surface area (Å²) in [7, 11) is 2.26. The summed E-state index contributed by atoms with van der Waals surface area (Å²) in [5, 5.41) is 15.7. The van der Waals surface area contributed by atoms with Gasteiger partial charge in [-0.3, -0.25) is 48.2 Å². The van der Waals surface area contributed by atoms with Crippen molar-refractivity contribution in [2.45, 2.75) is 89.6 Å². The molecule has 33 heteroatoms. The van der Waals surface area contributed by atoms with Gasteiger partial charge in [0, 0.05) is 157 Å². The number of hydrogen-bond acceptors (Lipinski definition) is 24. The van der Waals surface area contributed by atoms with Crippen LogP contribution in [-0.2, 0) is 72.4 Å². The molecule has 0 bridgehead atoms. The van der Waals surface area contributed by atoms with E-state index in [4.69, 9.17) is 59.9 Å². The van der Waals surface area contributed by atoms with E-state index in [-0.39, 0.29) is 108 Å². The lowest BCUT2D eigenvalue weighted by molar-refractivity contribution is -0.145. The third-order valence-corrected chi connectivity index (χ3v) is 19.9. The molecule has 6 rings (SSSR count). The number of esters is 3. The van der Waals surface area contributed by atoms with E-state index < -0.39 is 29.1 Å². The molecule has 3 aromatic carbocycles. The van der Waals surface area contributed by atoms with E-state index in [9.17, 15) is 38.4 Å². The molecule has 3 saturated heterocycles. The third kappa shape index (κ3) is 60.1. The van der Waals surface area contributed by atoms with Crippen LogP contribution in [0.5, 0.6) is 0 Å². The number of amides is 3. The van der Waals surface area contributed by atoms with Gasteiger partial charge in [-0.25, -0.2) is 0 Å². The van der Waals surface area contributed by atoms with Gasteiger partial charge in [-0.1, -0.05) is 161 Å². The van der Waals surface area contributed by atoms with Gasteiger partial charge < -0.3 is 90.0 Å². The van der Waals surface area contributed by atoms with Crippen molar-refractivity contribution in [3.8, 4) is 0 Å². The van der Waals surface area contributed by atoms with Gasteiger partial charge in [0.1, 0.15) is 45.3 Å². The molecule has 3 amide bonds.